The number of hydrogen-bond donors (Lipinski definition) is 2. The molecule has 7 nitrogen and oxygen atoms in total. The number of rotatable bonds is 3. The largest absolute Gasteiger partial charge is 0.477 e. The Morgan fingerprint density at radius 2 is 2.20 bits per heavy atom. The fourth-order valence-electron chi connectivity index (χ4n) is 1.90. The number of sulfonamides is 1. The first-order chi connectivity index (χ1) is 9.32. The van der Waals surface area contributed by atoms with Crippen molar-refractivity contribution in [3.05, 3.63) is 16.5 Å². The third-order valence-corrected chi connectivity index (χ3v) is 6.43. The molecule has 2 heterocycles. The van der Waals surface area contributed by atoms with Gasteiger partial charge < -0.3 is 10.4 Å². The Balaban J connectivity index is 2.36. The predicted molar refractivity (Wildman–Crippen MR) is 72.4 cm³/mol. The predicted octanol–water partition coefficient (Wildman–Crippen LogP) is 0.265. The van der Waals surface area contributed by atoms with Gasteiger partial charge in [0, 0.05) is 13.1 Å². The first-order valence-corrected chi connectivity index (χ1v) is 8.18. The summed E-state index contributed by atoms with van der Waals surface area (Å²) >= 11 is 0.715. The molecular weight excluding hydrogens is 304 g/mol. The summed E-state index contributed by atoms with van der Waals surface area (Å²) in [6, 6.07) is 1.34. The number of carbonyl (C=O) groups excluding carboxylic acids is 1. The normalized spacial score (nSPS) is 17.6. The van der Waals surface area contributed by atoms with E-state index in [0.29, 0.717) is 29.9 Å². The Morgan fingerprint density at radius 1 is 1.50 bits per heavy atom. The summed E-state index contributed by atoms with van der Waals surface area (Å²) in [5.41, 5.74) is 0.403. The fraction of sp³-hybridized carbons (Fsp3) is 0.455. The number of thiophene rings is 1. The summed E-state index contributed by atoms with van der Waals surface area (Å²) in [7, 11) is -3.83. The van der Waals surface area contributed by atoms with Crippen molar-refractivity contribution in [1.82, 2.24) is 9.62 Å². The summed E-state index contributed by atoms with van der Waals surface area (Å²) in [6.45, 7) is 1.99. The van der Waals surface area contributed by atoms with Crippen molar-refractivity contribution in [3.8, 4) is 0 Å². The van der Waals surface area contributed by atoms with Crippen LogP contribution in [0.5, 0.6) is 0 Å². The van der Waals surface area contributed by atoms with Crippen molar-refractivity contribution < 1.29 is 23.1 Å². The molecule has 0 atom stereocenters. The van der Waals surface area contributed by atoms with Gasteiger partial charge in [0.05, 0.1) is 6.54 Å². The van der Waals surface area contributed by atoms with Crippen molar-refractivity contribution in [2.45, 2.75) is 17.6 Å². The lowest BCUT2D eigenvalue weighted by Crippen LogP contribution is -2.37. The van der Waals surface area contributed by atoms with Gasteiger partial charge in [0.1, 0.15) is 9.09 Å². The van der Waals surface area contributed by atoms with E-state index >= 15 is 0 Å². The van der Waals surface area contributed by atoms with Crippen LogP contribution in [-0.4, -0.2) is 49.3 Å². The Labute approximate surface area is 120 Å². The van der Waals surface area contributed by atoms with Gasteiger partial charge in [-0.3, -0.25) is 4.79 Å². The molecule has 1 aromatic heterocycles. The van der Waals surface area contributed by atoms with Crippen molar-refractivity contribution in [2.24, 2.45) is 0 Å². The molecule has 20 heavy (non-hydrogen) atoms. The lowest BCUT2D eigenvalue weighted by atomic mass is 10.3. The molecule has 1 aliphatic heterocycles. The van der Waals surface area contributed by atoms with Crippen LogP contribution in [0.1, 0.15) is 21.7 Å². The lowest BCUT2D eigenvalue weighted by molar-refractivity contribution is -0.120. The van der Waals surface area contributed by atoms with Gasteiger partial charge in [-0.15, -0.1) is 11.3 Å². The van der Waals surface area contributed by atoms with Gasteiger partial charge in [-0.1, -0.05) is 0 Å². The van der Waals surface area contributed by atoms with E-state index in [1.54, 1.807) is 6.92 Å². The highest BCUT2D eigenvalue weighted by Crippen LogP contribution is 2.28. The number of hydrogen-bond acceptors (Lipinski definition) is 5. The van der Waals surface area contributed by atoms with Gasteiger partial charge in [0.25, 0.3) is 10.0 Å². The molecule has 0 aromatic carbocycles. The Bertz CT molecular complexity index is 650. The van der Waals surface area contributed by atoms with Crippen LogP contribution in [0, 0.1) is 6.92 Å². The van der Waals surface area contributed by atoms with Crippen LogP contribution in [-0.2, 0) is 14.8 Å². The smallest absolute Gasteiger partial charge is 0.346 e. The van der Waals surface area contributed by atoms with Crippen molar-refractivity contribution in [2.75, 3.05) is 19.6 Å². The number of nitrogens with zero attached hydrogens (tertiary/aromatic N) is 1. The Hall–Kier alpha value is -1.45. The van der Waals surface area contributed by atoms with Gasteiger partial charge in [-0.05, 0) is 25.0 Å². The van der Waals surface area contributed by atoms with Gasteiger partial charge in [0.2, 0.25) is 5.91 Å². The molecule has 1 amide bonds. The van der Waals surface area contributed by atoms with Gasteiger partial charge in [-0.2, -0.15) is 4.31 Å². The van der Waals surface area contributed by atoms with E-state index in [1.807, 2.05) is 0 Å². The molecule has 1 aromatic rings. The van der Waals surface area contributed by atoms with Crippen LogP contribution in [0.3, 0.4) is 0 Å². The maximum atomic E-state index is 12.4. The Morgan fingerprint density at radius 3 is 2.80 bits per heavy atom. The van der Waals surface area contributed by atoms with E-state index < -0.39 is 16.0 Å². The summed E-state index contributed by atoms with van der Waals surface area (Å²) in [4.78, 5) is 22.4. The zero-order valence-corrected chi connectivity index (χ0v) is 12.4. The molecule has 0 spiro atoms. The van der Waals surface area contributed by atoms with Crippen LogP contribution in [0.15, 0.2) is 10.3 Å². The average Bonchev–Trinajstić information content (AvgIpc) is 2.62. The average molecular weight is 318 g/mol. The van der Waals surface area contributed by atoms with Crippen LogP contribution in [0.2, 0.25) is 0 Å². The van der Waals surface area contributed by atoms with Gasteiger partial charge in [0.15, 0.2) is 0 Å². The first-order valence-electron chi connectivity index (χ1n) is 5.93. The number of nitrogens with one attached hydrogen (secondary N) is 1. The van der Waals surface area contributed by atoms with E-state index in [2.05, 4.69) is 5.32 Å². The van der Waals surface area contributed by atoms with E-state index in [4.69, 9.17) is 5.11 Å². The summed E-state index contributed by atoms with van der Waals surface area (Å²) in [5, 5.41) is 11.6. The number of carboxylic acids is 1. The molecule has 2 N–H and O–H groups in total. The van der Waals surface area contributed by atoms with E-state index in [0.717, 1.165) is 4.31 Å². The summed E-state index contributed by atoms with van der Waals surface area (Å²) in [6.07, 6.45) is 0.529. The van der Waals surface area contributed by atoms with Crippen LogP contribution in [0.4, 0.5) is 0 Å². The molecule has 0 saturated carbocycles. The zero-order chi connectivity index (χ0) is 14.9. The second kappa shape index (κ2) is 5.51. The second-order valence-electron chi connectivity index (χ2n) is 4.42. The second-order valence-corrected chi connectivity index (χ2v) is 7.64. The maximum absolute atomic E-state index is 12.4. The standard InChI is InChI=1S/C11H14N2O5S2/c1-7-5-9(19-10(7)11(15)16)20(17,18)13-4-2-3-12-8(14)6-13/h5H,2-4,6H2,1H3,(H,12,14)(H,15,16). The van der Waals surface area contributed by atoms with E-state index in [9.17, 15) is 18.0 Å². The molecular formula is C11H14N2O5S2. The van der Waals surface area contributed by atoms with Crippen molar-refractivity contribution in [1.29, 1.82) is 0 Å². The molecule has 110 valence electrons. The molecule has 2 rings (SSSR count). The molecule has 0 radical (unpaired) electrons. The number of amides is 1. The van der Waals surface area contributed by atoms with E-state index in [1.165, 1.54) is 6.07 Å². The minimum atomic E-state index is -3.83. The molecule has 9 heteroatoms. The summed E-state index contributed by atoms with van der Waals surface area (Å²) < 4.78 is 25.9. The number of aromatic carboxylic acids is 1. The monoisotopic (exact) mass is 318 g/mol. The molecule has 1 saturated heterocycles. The first kappa shape index (κ1) is 14.9. The van der Waals surface area contributed by atoms with E-state index in [-0.39, 0.29) is 28.1 Å². The van der Waals surface area contributed by atoms with Crippen molar-refractivity contribution in [3.63, 3.8) is 0 Å². The molecule has 1 fully saturated rings. The highest BCUT2D eigenvalue weighted by Gasteiger charge is 2.30. The molecule has 1 aliphatic rings. The zero-order valence-electron chi connectivity index (χ0n) is 10.7. The lowest BCUT2D eigenvalue weighted by Gasteiger charge is -2.17. The highest BCUT2D eigenvalue weighted by atomic mass is 32.2. The summed E-state index contributed by atoms with van der Waals surface area (Å²) in [5.74, 6) is -1.50. The quantitative estimate of drug-likeness (QED) is 0.832. The topological polar surface area (TPSA) is 104 Å². The van der Waals surface area contributed by atoms with Gasteiger partial charge >= 0.3 is 5.97 Å². The SMILES string of the molecule is Cc1cc(S(=O)(=O)N2CCCNC(=O)C2)sc1C(=O)O. The minimum absolute atomic E-state index is 0.00264. The fourth-order valence-corrected chi connectivity index (χ4v) is 4.87. The third-order valence-electron chi connectivity index (χ3n) is 2.91. The number of aryl methyl sites for hydroxylation is 1. The number of carbonyl (C=O) groups is 2. The number of carboxylic acid groups (broad SMARTS) is 1. The van der Waals surface area contributed by atoms with Crippen LogP contribution in [0.25, 0.3) is 0 Å². The minimum Gasteiger partial charge on any atom is -0.477 e. The van der Waals surface area contributed by atoms with Crippen molar-refractivity contribution >= 4 is 33.2 Å². The van der Waals surface area contributed by atoms with Crippen LogP contribution < -0.4 is 5.32 Å². The third kappa shape index (κ3) is 2.84. The molecule has 0 unspecified atom stereocenters. The molecule has 0 aliphatic carbocycles. The van der Waals surface area contributed by atoms with Crippen LogP contribution >= 0.6 is 11.3 Å². The maximum Gasteiger partial charge on any atom is 0.346 e. The van der Waals surface area contributed by atoms with Gasteiger partial charge in [-0.25, -0.2) is 13.2 Å². The Kier molecular flexibility index (Phi) is 4.11. The molecule has 0 bridgehead atoms. The highest BCUT2D eigenvalue weighted by molar-refractivity contribution is 7.91.